The second kappa shape index (κ2) is 5.91. The van der Waals surface area contributed by atoms with Crippen LogP contribution < -0.4 is 4.74 Å². The lowest BCUT2D eigenvalue weighted by Gasteiger charge is -2.07. The van der Waals surface area contributed by atoms with E-state index in [0.717, 1.165) is 0 Å². The van der Waals surface area contributed by atoms with Gasteiger partial charge in [0.15, 0.2) is 0 Å². The van der Waals surface area contributed by atoms with Gasteiger partial charge < -0.3 is 14.6 Å². The minimum Gasteiger partial charge on any atom is -0.508 e. The summed E-state index contributed by atoms with van der Waals surface area (Å²) >= 11 is 0. The molecule has 0 radical (unpaired) electrons. The molecule has 19 heavy (non-hydrogen) atoms. The zero-order valence-corrected chi connectivity index (χ0v) is 10.5. The van der Waals surface area contributed by atoms with Crippen LogP contribution in [0.5, 0.6) is 17.2 Å². The van der Waals surface area contributed by atoms with Crippen LogP contribution in [0.1, 0.15) is 17.3 Å². The number of aromatic hydroxyl groups is 1. The van der Waals surface area contributed by atoms with Crippen molar-refractivity contribution in [1.82, 2.24) is 0 Å². The molecule has 0 saturated heterocycles. The number of hydrogen-bond donors (Lipinski definition) is 1. The van der Waals surface area contributed by atoms with E-state index in [1.165, 1.54) is 12.1 Å². The molecule has 0 fully saturated rings. The summed E-state index contributed by atoms with van der Waals surface area (Å²) in [6.45, 7) is 2.09. The van der Waals surface area contributed by atoms with E-state index in [1.807, 2.05) is 0 Å². The van der Waals surface area contributed by atoms with Crippen LogP contribution >= 0.6 is 0 Å². The fourth-order valence-corrected chi connectivity index (χ4v) is 1.55. The summed E-state index contributed by atoms with van der Waals surface area (Å²) in [4.78, 5) is 11.6. The van der Waals surface area contributed by atoms with E-state index >= 15 is 0 Å². The molecule has 4 nitrogen and oxygen atoms in total. The number of rotatable bonds is 4. The van der Waals surface area contributed by atoms with Crippen LogP contribution in [0.2, 0.25) is 0 Å². The van der Waals surface area contributed by atoms with E-state index in [1.54, 1.807) is 43.3 Å². The Morgan fingerprint density at radius 1 is 1.11 bits per heavy atom. The summed E-state index contributed by atoms with van der Waals surface area (Å²) in [5, 5.41) is 9.18. The maximum absolute atomic E-state index is 11.6. The van der Waals surface area contributed by atoms with Gasteiger partial charge in [-0.05, 0) is 49.4 Å². The Morgan fingerprint density at radius 2 is 1.84 bits per heavy atom. The molecule has 0 atom stereocenters. The van der Waals surface area contributed by atoms with Gasteiger partial charge in [-0.1, -0.05) is 6.07 Å². The number of carbonyl (C=O) groups excluding carboxylic acids is 1. The van der Waals surface area contributed by atoms with Crippen molar-refractivity contribution < 1.29 is 19.4 Å². The van der Waals surface area contributed by atoms with Crippen molar-refractivity contribution in [2.45, 2.75) is 6.92 Å². The molecule has 2 aromatic carbocycles. The minimum atomic E-state index is -0.376. The summed E-state index contributed by atoms with van der Waals surface area (Å²) in [5.41, 5.74) is 0.443. The number of phenols is 1. The third-order valence-electron chi connectivity index (χ3n) is 2.42. The first-order valence-electron chi connectivity index (χ1n) is 5.93. The molecule has 2 aromatic rings. The van der Waals surface area contributed by atoms with E-state index in [4.69, 9.17) is 9.47 Å². The monoisotopic (exact) mass is 258 g/mol. The topological polar surface area (TPSA) is 55.8 Å². The molecule has 2 rings (SSSR count). The van der Waals surface area contributed by atoms with Gasteiger partial charge in [0, 0.05) is 0 Å². The predicted molar refractivity (Wildman–Crippen MR) is 70.6 cm³/mol. The lowest BCUT2D eigenvalue weighted by Crippen LogP contribution is -2.04. The van der Waals surface area contributed by atoms with E-state index in [2.05, 4.69) is 0 Å². The first-order chi connectivity index (χ1) is 9.19. The molecule has 0 spiro atoms. The third kappa shape index (κ3) is 3.48. The van der Waals surface area contributed by atoms with Crippen molar-refractivity contribution >= 4 is 5.97 Å². The number of phenolic OH excluding ortho intramolecular Hbond substituents is 1. The number of ether oxygens (including phenoxy) is 2. The molecule has 98 valence electrons. The highest BCUT2D eigenvalue weighted by molar-refractivity contribution is 5.89. The zero-order chi connectivity index (χ0) is 13.7. The minimum absolute atomic E-state index is 0.174. The van der Waals surface area contributed by atoms with Crippen molar-refractivity contribution in [2.75, 3.05) is 6.61 Å². The molecule has 0 aliphatic rings. The van der Waals surface area contributed by atoms with Crippen molar-refractivity contribution in [3.63, 3.8) is 0 Å². The molecule has 0 bridgehead atoms. The lowest BCUT2D eigenvalue weighted by molar-refractivity contribution is 0.0526. The van der Waals surface area contributed by atoms with Gasteiger partial charge in [-0.3, -0.25) is 0 Å². The van der Waals surface area contributed by atoms with E-state index in [0.29, 0.717) is 23.7 Å². The van der Waals surface area contributed by atoms with Gasteiger partial charge in [0.05, 0.1) is 12.2 Å². The number of hydrogen-bond acceptors (Lipinski definition) is 4. The predicted octanol–water partition coefficient (Wildman–Crippen LogP) is 3.36. The highest BCUT2D eigenvalue weighted by Crippen LogP contribution is 2.24. The average Bonchev–Trinajstić information content (AvgIpc) is 2.42. The number of carbonyl (C=O) groups is 1. The molecule has 0 aromatic heterocycles. The molecular weight excluding hydrogens is 244 g/mol. The molecule has 0 saturated carbocycles. The van der Waals surface area contributed by atoms with Crippen molar-refractivity contribution in [1.29, 1.82) is 0 Å². The van der Waals surface area contributed by atoms with Crippen molar-refractivity contribution in [3.05, 3.63) is 54.1 Å². The average molecular weight is 258 g/mol. The maximum atomic E-state index is 11.6. The van der Waals surface area contributed by atoms with Crippen LogP contribution in [-0.2, 0) is 4.74 Å². The maximum Gasteiger partial charge on any atom is 0.338 e. The van der Waals surface area contributed by atoms with Gasteiger partial charge in [-0.25, -0.2) is 4.79 Å². The highest BCUT2D eigenvalue weighted by atomic mass is 16.5. The Labute approximate surface area is 111 Å². The van der Waals surface area contributed by atoms with Crippen molar-refractivity contribution in [3.8, 4) is 17.2 Å². The molecular formula is C15H14O4. The molecule has 0 aliphatic heterocycles. The number of benzene rings is 2. The van der Waals surface area contributed by atoms with Gasteiger partial charge in [0.25, 0.3) is 0 Å². The number of esters is 1. The fourth-order valence-electron chi connectivity index (χ4n) is 1.55. The van der Waals surface area contributed by atoms with E-state index in [9.17, 15) is 9.90 Å². The summed E-state index contributed by atoms with van der Waals surface area (Å²) < 4.78 is 10.5. The SMILES string of the molecule is CCOC(=O)c1cccc(Oc2ccc(O)cc2)c1. The van der Waals surface area contributed by atoms with Gasteiger partial charge in [-0.15, -0.1) is 0 Å². The molecule has 0 unspecified atom stereocenters. The van der Waals surface area contributed by atoms with Crippen LogP contribution in [0.3, 0.4) is 0 Å². The quantitative estimate of drug-likeness (QED) is 0.854. The van der Waals surface area contributed by atoms with Crippen LogP contribution in [0, 0.1) is 0 Å². The van der Waals surface area contributed by atoms with Crippen molar-refractivity contribution in [2.24, 2.45) is 0 Å². The summed E-state index contributed by atoms with van der Waals surface area (Å²) in [7, 11) is 0. The smallest absolute Gasteiger partial charge is 0.338 e. The van der Waals surface area contributed by atoms with Gasteiger partial charge in [0.2, 0.25) is 0 Å². The zero-order valence-electron chi connectivity index (χ0n) is 10.5. The standard InChI is InChI=1S/C15H14O4/c1-2-18-15(17)11-4-3-5-14(10-11)19-13-8-6-12(16)7-9-13/h3-10,16H,2H2,1H3. The molecule has 4 heteroatoms. The largest absolute Gasteiger partial charge is 0.508 e. The van der Waals surface area contributed by atoms with Gasteiger partial charge in [-0.2, -0.15) is 0 Å². The third-order valence-corrected chi connectivity index (χ3v) is 2.42. The molecule has 0 aliphatic carbocycles. The summed E-state index contributed by atoms with van der Waals surface area (Å²) in [6.07, 6.45) is 0. The lowest BCUT2D eigenvalue weighted by atomic mass is 10.2. The van der Waals surface area contributed by atoms with Crippen LogP contribution in [0.15, 0.2) is 48.5 Å². The van der Waals surface area contributed by atoms with Gasteiger partial charge in [0.1, 0.15) is 17.2 Å². The first-order valence-corrected chi connectivity index (χ1v) is 5.93. The highest BCUT2D eigenvalue weighted by Gasteiger charge is 2.07. The summed E-state index contributed by atoms with van der Waals surface area (Å²) in [6, 6.07) is 13.1. The Bertz CT molecular complexity index is 561. The first kappa shape index (κ1) is 13.0. The second-order valence-corrected chi connectivity index (χ2v) is 3.84. The Balaban J connectivity index is 2.15. The van der Waals surface area contributed by atoms with Crippen LogP contribution in [-0.4, -0.2) is 17.7 Å². The Morgan fingerprint density at radius 3 is 2.53 bits per heavy atom. The second-order valence-electron chi connectivity index (χ2n) is 3.84. The Kier molecular flexibility index (Phi) is 4.03. The van der Waals surface area contributed by atoms with E-state index in [-0.39, 0.29) is 11.7 Å². The van der Waals surface area contributed by atoms with Gasteiger partial charge >= 0.3 is 5.97 Å². The summed E-state index contributed by atoms with van der Waals surface area (Å²) in [5.74, 6) is 0.918. The van der Waals surface area contributed by atoms with Crippen LogP contribution in [0.25, 0.3) is 0 Å². The molecule has 0 amide bonds. The fraction of sp³-hybridized carbons (Fsp3) is 0.133. The normalized spacial score (nSPS) is 9.95. The van der Waals surface area contributed by atoms with Crippen LogP contribution in [0.4, 0.5) is 0 Å². The Hall–Kier alpha value is -2.49. The molecule has 0 heterocycles. The van der Waals surface area contributed by atoms with E-state index < -0.39 is 0 Å². The molecule has 1 N–H and O–H groups in total.